The van der Waals surface area contributed by atoms with Crippen molar-refractivity contribution in [3.05, 3.63) is 29.8 Å². The molecule has 0 aliphatic carbocycles. The molecule has 11 heteroatoms. The van der Waals surface area contributed by atoms with E-state index in [4.69, 9.17) is 24.7 Å². The maximum absolute atomic E-state index is 12.7. The van der Waals surface area contributed by atoms with Gasteiger partial charge >= 0.3 is 23.9 Å². The maximum atomic E-state index is 12.7. The predicted octanol–water partition coefficient (Wildman–Crippen LogP) is 1.82. The van der Waals surface area contributed by atoms with Gasteiger partial charge in [-0.1, -0.05) is 39.8 Å². The summed E-state index contributed by atoms with van der Waals surface area (Å²) in [6, 6.07) is 4.07. The molecule has 1 aromatic carbocycles. The Morgan fingerprint density at radius 3 is 1.89 bits per heavy atom. The number of hydrogen-bond acceptors (Lipinski definition) is 10. The molecule has 0 heterocycles. The molecule has 2 unspecified atom stereocenters. The average molecular weight is 509 g/mol. The van der Waals surface area contributed by atoms with Gasteiger partial charge in [0, 0.05) is 19.4 Å². The highest BCUT2D eigenvalue weighted by atomic mass is 16.6. The summed E-state index contributed by atoms with van der Waals surface area (Å²) in [5, 5.41) is 2.61. The van der Waals surface area contributed by atoms with Gasteiger partial charge in [0.25, 0.3) is 0 Å². The maximum Gasteiger partial charge on any atom is 0.352 e. The second-order valence-electron chi connectivity index (χ2n) is 9.03. The number of carbonyl (C=O) groups excluding carboxylic acids is 5. The summed E-state index contributed by atoms with van der Waals surface area (Å²) in [6.45, 7) is 10.7. The molecule has 0 radical (unpaired) electrons. The van der Waals surface area contributed by atoms with Gasteiger partial charge in [0.1, 0.15) is 24.5 Å². The molecule has 11 nitrogen and oxygen atoms in total. The van der Waals surface area contributed by atoms with Gasteiger partial charge < -0.3 is 30.0 Å². The number of amides is 1. The fourth-order valence-corrected chi connectivity index (χ4v) is 2.93. The Balaban J connectivity index is 2.79. The van der Waals surface area contributed by atoms with Crippen molar-refractivity contribution >= 4 is 29.8 Å². The van der Waals surface area contributed by atoms with E-state index in [0.29, 0.717) is 5.56 Å². The lowest BCUT2D eigenvalue weighted by Gasteiger charge is -2.25. The van der Waals surface area contributed by atoms with E-state index in [-0.39, 0.29) is 24.2 Å². The zero-order chi connectivity index (χ0) is 27.6. The van der Waals surface area contributed by atoms with Crippen LogP contribution >= 0.6 is 0 Å². The summed E-state index contributed by atoms with van der Waals surface area (Å²) in [5.41, 5.74) is 6.14. The number of nitrogens with two attached hydrogens (primary N) is 1. The molecular weight excluding hydrogens is 472 g/mol. The smallest absolute Gasteiger partial charge is 0.352 e. The highest BCUT2D eigenvalue weighted by Gasteiger charge is 2.31. The predicted molar refractivity (Wildman–Crippen MR) is 128 cm³/mol. The van der Waals surface area contributed by atoms with Crippen molar-refractivity contribution in [1.29, 1.82) is 0 Å². The number of rotatable bonds is 12. The number of carbonyl (C=O) groups is 5. The third kappa shape index (κ3) is 10.0. The van der Waals surface area contributed by atoms with Crippen LogP contribution in [0.15, 0.2) is 24.3 Å². The molecular formula is C25H36N2O9. The first-order valence-corrected chi connectivity index (χ1v) is 11.6. The van der Waals surface area contributed by atoms with Crippen LogP contribution in [0.3, 0.4) is 0 Å². The fourth-order valence-electron chi connectivity index (χ4n) is 2.93. The van der Waals surface area contributed by atoms with Crippen LogP contribution in [-0.2, 0) is 38.2 Å². The second kappa shape index (κ2) is 14.2. The lowest BCUT2D eigenvalue weighted by atomic mass is 10.0. The molecule has 1 amide bonds. The van der Waals surface area contributed by atoms with Crippen LogP contribution < -0.4 is 15.8 Å². The summed E-state index contributed by atoms with van der Waals surface area (Å²) < 4.78 is 20.6. The summed E-state index contributed by atoms with van der Waals surface area (Å²) in [6.07, 6.45) is -2.24. The molecule has 0 aromatic heterocycles. The van der Waals surface area contributed by atoms with E-state index in [0.717, 1.165) is 6.92 Å². The lowest BCUT2D eigenvalue weighted by Crippen LogP contribution is -2.53. The van der Waals surface area contributed by atoms with Crippen molar-refractivity contribution < 1.29 is 42.9 Å². The molecule has 36 heavy (non-hydrogen) atoms. The number of hydrogen-bond donors (Lipinski definition) is 2. The molecule has 0 bridgehead atoms. The second-order valence-corrected chi connectivity index (χ2v) is 9.03. The van der Waals surface area contributed by atoms with E-state index < -0.39 is 54.1 Å². The molecule has 0 saturated carbocycles. The van der Waals surface area contributed by atoms with Gasteiger partial charge in [0.15, 0.2) is 0 Å². The summed E-state index contributed by atoms with van der Waals surface area (Å²) in [7, 11) is 0. The van der Waals surface area contributed by atoms with Gasteiger partial charge in [0.05, 0.1) is 6.04 Å². The van der Waals surface area contributed by atoms with Crippen molar-refractivity contribution in [2.75, 3.05) is 6.61 Å². The van der Waals surface area contributed by atoms with Crippen LogP contribution in [0.2, 0.25) is 0 Å². The highest BCUT2D eigenvalue weighted by Crippen LogP contribution is 2.23. The van der Waals surface area contributed by atoms with Crippen molar-refractivity contribution in [1.82, 2.24) is 5.32 Å². The van der Waals surface area contributed by atoms with Gasteiger partial charge in [-0.3, -0.25) is 14.4 Å². The average Bonchev–Trinajstić information content (AvgIpc) is 2.78. The van der Waals surface area contributed by atoms with E-state index in [1.165, 1.54) is 38.1 Å². The monoisotopic (exact) mass is 508 g/mol. The van der Waals surface area contributed by atoms with E-state index >= 15 is 0 Å². The molecule has 200 valence electrons. The minimum absolute atomic E-state index is 0.116. The Kier molecular flexibility index (Phi) is 12.0. The first-order valence-electron chi connectivity index (χ1n) is 11.6. The molecule has 4 atom stereocenters. The Morgan fingerprint density at radius 1 is 0.833 bits per heavy atom. The zero-order valence-electron chi connectivity index (χ0n) is 21.7. The first-order chi connectivity index (χ1) is 16.7. The number of esters is 4. The SMILES string of the molecule is CC(=O)Oc1ccc(C(OC(C)=O)C(=O)OCC(C)OC(=O)[C@@H](NC(=O)[C@@H](N)C(C)C)C(C)C)cc1. The minimum Gasteiger partial charge on any atom is -0.459 e. The zero-order valence-corrected chi connectivity index (χ0v) is 21.7. The summed E-state index contributed by atoms with van der Waals surface area (Å²) in [5.74, 6) is -3.42. The standard InChI is InChI=1S/C25H36N2O9/c1-13(2)20(26)23(30)27-21(14(3)4)24(31)34-15(5)12-33-25(32)22(36-17(7)29)18-8-10-19(11-9-18)35-16(6)28/h8-11,13-15,20-22H,12,26H2,1-7H3,(H,27,30)/t15?,20-,21-,22?/m0/s1. The van der Waals surface area contributed by atoms with Crippen molar-refractivity contribution in [3.8, 4) is 5.75 Å². The van der Waals surface area contributed by atoms with E-state index in [9.17, 15) is 24.0 Å². The van der Waals surface area contributed by atoms with Gasteiger partial charge in [-0.05, 0) is 30.9 Å². The van der Waals surface area contributed by atoms with Gasteiger partial charge in [-0.15, -0.1) is 0 Å². The third-order valence-corrected chi connectivity index (χ3v) is 4.96. The minimum atomic E-state index is -1.38. The van der Waals surface area contributed by atoms with Crippen LogP contribution in [0.5, 0.6) is 5.75 Å². The van der Waals surface area contributed by atoms with Crippen LogP contribution in [0.25, 0.3) is 0 Å². The summed E-state index contributed by atoms with van der Waals surface area (Å²) in [4.78, 5) is 60.2. The van der Waals surface area contributed by atoms with E-state index in [1.54, 1.807) is 27.7 Å². The largest absolute Gasteiger partial charge is 0.459 e. The molecule has 0 fully saturated rings. The fraction of sp³-hybridized carbons (Fsp3) is 0.560. The van der Waals surface area contributed by atoms with Crippen LogP contribution in [0, 0.1) is 11.8 Å². The Labute approximate surface area is 211 Å². The Morgan fingerprint density at radius 2 is 1.42 bits per heavy atom. The normalized spacial score (nSPS) is 14.3. The summed E-state index contributed by atoms with van der Waals surface area (Å²) >= 11 is 0. The lowest BCUT2D eigenvalue weighted by molar-refractivity contribution is -0.172. The van der Waals surface area contributed by atoms with E-state index in [1.807, 2.05) is 0 Å². The van der Waals surface area contributed by atoms with Gasteiger partial charge in [0.2, 0.25) is 12.0 Å². The van der Waals surface area contributed by atoms with E-state index in [2.05, 4.69) is 5.32 Å². The van der Waals surface area contributed by atoms with Crippen molar-refractivity contribution in [3.63, 3.8) is 0 Å². The van der Waals surface area contributed by atoms with Gasteiger partial charge in [-0.25, -0.2) is 9.59 Å². The van der Waals surface area contributed by atoms with Crippen LogP contribution in [0.4, 0.5) is 0 Å². The molecule has 1 aromatic rings. The van der Waals surface area contributed by atoms with Gasteiger partial charge in [-0.2, -0.15) is 0 Å². The third-order valence-electron chi connectivity index (χ3n) is 4.96. The number of benzene rings is 1. The Hall–Kier alpha value is -3.47. The van der Waals surface area contributed by atoms with Crippen molar-refractivity contribution in [2.45, 2.75) is 72.8 Å². The number of nitrogens with one attached hydrogen (secondary N) is 1. The topological polar surface area (TPSA) is 160 Å². The van der Waals surface area contributed by atoms with Crippen LogP contribution in [-0.4, -0.2) is 54.6 Å². The highest BCUT2D eigenvalue weighted by molar-refractivity contribution is 5.87. The van der Waals surface area contributed by atoms with Crippen molar-refractivity contribution in [2.24, 2.45) is 17.6 Å². The molecule has 0 saturated heterocycles. The Bertz CT molecular complexity index is 928. The molecule has 0 spiro atoms. The van der Waals surface area contributed by atoms with Crippen LogP contribution in [0.1, 0.15) is 60.1 Å². The quantitative estimate of drug-likeness (QED) is 0.242. The number of ether oxygens (including phenoxy) is 4. The molecule has 0 aliphatic heterocycles. The molecule has 0 aliphatic rings. The molecule has 1 rings (SSSR count). The first kappa shape index (κ1) is 30.6. The molecule has 3 N–H and O–H groups in total.